The van der Waals surface area contributed by atoms with Crippen molar-refractivity contribution < 1.29 is 56.6 Å². The Balaban J connectivity index is 3.21. The second-order valence-electron chi connectivity index (χ2n) is 9.87. The van der Waals surface area contributed by atoms with Crippen molar-refractivity contribution >= 4 is 24.4 Å². The van der Waals surface area contributed by atoms with Gasteiger partial charge in [0.25, 0.3) is 0 Å². The summed E-state index contributed by atoms with van der Waals surface area (Å²) in [6.07, 6.45) is 4.71. The molecule has 0 fully saturated rings. The number of ether oxygens (including phenoxy) is 8. The van der Waals surface area contributed by atoms with Gasteiger partial charge >= 0.3 is 6.72 Å². The maximum Gasteiger partial charge on any atom is 0.324 e. The highest BCUT2D eigenvalue weighted by Gasteiger charge is 2.16. The van der Waals surface area contributed by atoms with Gasteiger partial charge in [-0.3, -0.25) is 4.79 Å². The van der Waals surface area contributed by atoms with E-state index in [9.17, 15) is 9.69 Å². The summed E-state index contributed by atoms with van der Waals surface area (Å²) in [6.45, 7) is 11.9. The van der Waals surface area contributed by atoms with Crippen molar-refractivity contribution in [3.05, 3.63) is 0 Å². The van der Waals surface area contributed by atoms with Crippen molar-refractivity contribution in [1.82, 2.24) is 5.32 Å². The minimum absolute atomic E-state index is 0.0292. The van der Waals surface area contributed by atoms with E-state index < -0.39 is 6.72 Å². The van der Waals surface area contributed by atoms with E-state index in [1.54, 1.807) is 13.8 Å². The molecule has 0 saturated carbocycles. The lowest BCUT2D eigenvalue weighted by molar-refractivity contribution is -0.122. The third kappa shape index (κ3) is 36.2. The topological polar surface area (TPSA) is 142 Å². The molecule has 44 heavy (non-hydrogen) atoms. The van der Waals surface area contributed by atoms with Crippen LogP contribution in [0.2, 0.25) is 0 Å². The third-order valence-corrected chi connectivity index (χ3v) is 7.19. The summed E-state index contributed by atoms with van der Waals surface area (Å²) in [5.74, 6) is -0.0292. The summed E-state index contributed by atoms with van der Waals surface area (Å²) in [4.78, 5) is 21.7. The number of carbonyl (C=O) groups excluding carboxylic acids is 1. The molecule has 0 aromatic heterocycles. The first kappa shape index (κ1) is 43.7. The Morgan fingerprint density at radius 3 is 1.41 bits per heavy atom. The summed E-state index contributed by atoms with van der Waals surface area (Å²) in [6, 6.07) is 0. The van der Waals surface area contributed by atoms with E-state index in [4.69, 9.17) is 58.7 Å². The van der Waals surface area contributed by atoms with Crippen LogP contribution < -0.4 is 5.32 Å². The molecule has 1 amide bonds. The van der Waals surface area contributed by atoms with E-state index in [0.29, 0.717) is 119 Å². The number of amides is 1. The van der Waals surface area contributed by atoms with Crippen LogP contribution in [0.15, 0.2) is 0 Å². The fraction of sp³-hybridized carbons (Fsp3) is 0.966. The van der Waals surface area contributed by atoms with Gasteiger partial charge in [-0.15, -0.1) is 0 Å². The Bertz CT molecular complexity index is 666. The van der Waals surface area contributed by atoms with Crippen LogP contribution in [0.4, 0.5) is 0 Å². The number of carbonyl (C=O) groups is 1. The average Bonchev–Trinajstić information content (AvgIpc) is 2.97. The first-order valence-corrected chi connectivity index (χ1v) is 18.5. The number of hydrogen-bond acceptors (Lipinski definition) is 12. The highest BCUT2D eigenvalue weighted by molar-refractivity contribution is 8.07. The molecule has 2 N–H and O–H groups in total. The van der Waals surface area contributed by atoms with Crippen molar-refractivity contribution in [2.75, 3.05) is 119 Å². The minimum Gasteiger partial charge on any atom is -0.379 e. The zero-order valence-electron chi connectivity index (χ0n) is 27.3. The molecule has 1 atom stereocenters. The van der Waals surface area contributed by atoms with Crippen molar-refractivity contribution in [3.63, 3.8) is 0 Å². The van der Waals surface area contributed by atoms with E-state index in [2.05, 4.69) is 12.2 Å². The highest BCUT2D eigenvalue weighted by Crippen LogP contribution is 2.45. The van der Waals surface area contributed by atoms with Gasteiger partial charge in [0.15, 0.2) is 0 Å². The molecule has 0 aromatic rings. The summed E-state index contributed by atoms with van der Waals surface area (Å²) in [7, 11) is 0. The quantitative estimate of drug-likeness (QED) is 0.0741. The Kier molecular flexibility index (Phi) is 33.8. The van der Waals surface area contributed by atoms with Gasteiger partial charge in [0, 0.05) is 19.6 Å². The summed E-state index contributed by atoms with van der Waals surface area (Å²) < 4.78 is 53.9. The summed E-state index contributed by atoms with van der Waals surface area (Å²) in [5, 5.41) is 2.89. The molecule has 0 saturated heterocycles. The monoisotopic (exact) mass is 677 g/mol. The molecule has 264 valence electrons. The van der Waals surface area contributed by atoms with E-state index in [1.807, 2.05) is 0 Å². The van der Waals surface area contributed by atoms with E-state index in [1.165, 1.54) is 0 Å². The van der Waals surface area contributed by atoms with Gasteiger partial charge in [-0.25, -0.2) is 0 Å². The third-order valence-electron chi connectivity index (χ3n) is 5.42. The van der Waals surface area contributed by atoms with Gasteiger partial charge in [-0.2, -0.15) is 0 Å². The second-order valence-corrected chi connectivity index (χ2v) is 12.7. The van der Waals surface area contributed by atoms with Crippen LogP contribution >= 0.6 is 6.72 Å². The van der Waals surface area contributed by atoms with Crippen molar-refractivity contribution in [1.29, 1.82) is 0 Å². The van der Waals surface area contributed by atoms with E-state index >= 15 is 0 Å². The standard InChI is InChI=1S/C29H60NO12PS/c1-4-11-33-14-16-35-18-20-37-22-24-39-26-27-40-25-23-38-21-19-36-17-15-34-13-9-29(31)30-10-7-5-6-8-12-41-43(32,44)42-28(2)3/h28H,4-27H2,1-3H3,(H,30,31)(H,32,44). The first-order chi connectivity index (χ1) is 21.4. The smallest absolute Gasteiger partial charge is 0.324 e. The summed E-state index contributed by atoms with van der Waals surface area (Å²) in [5.41, 5.74) is 0. The maximum atomic E-state index is 11.9. The molecule has 1 unspecified atom stereocenters. The molecule has 0 rings (SSSR count). The Morgan fingerprint density at radius 2 is 1.00 bits per heavy atom. The molecular weight excluding hydrogens is 617 g/mol. The first-order valence-electron chi connectivity index (χ1n) is 15.9. The zero-order valence-corrected chi connectivity index (χ0v) is 29.1. The van der Waals surface area contributed by atoms with Crippen LogP contribution in [-0.4, -0.2) is 136 Å². The van der Waals surface area contributed by atoms with Crippen molar-refractivity contribution in [3.8, 4) is 0 Å². The number of nitrogens with one attached hydrogen (secondary N) is 1. The molecule has 0 aliphatic carbocycles. The molecule has 0 aliphatic heterocycles. The molecule has 0 heterocycles. The average molecular weight is 678 g/mol. The Labute approximate surface area is 270 Å². The van der Waals surface area contributed by atoms with Gasteiger partial charge in [0.1, 0.15) is 0 Å². The van der Waals surface area contributed by atoms with Crippen molar-refractivity contribution in [2.45, 2.75) is 65.4 Å². The number of unbranched alkanes of at least 4 members (excludes halogenated alkanes) is 3. The summed E-state index contributed by atoms with van der Waals surface area (Å²) >= 11 is 4.93. The van der Waals surface area contributed by atoms with Gasteiger partial charge in [0.2, 0.25) is 5.91 Å². The van der Waals surface area contributed by atoms with Crippen LogP contribution in [0, 0.1) is 0 Å². The van der Waals surface area contributed by atoms with Gasteiger partial charge in [0.05, 0.1) is 112 Å². The predicted octanol–water partition coefficient (Wildman–Crippen LogP) is 3.25. The van der Waals surface area contributed by atoms with Crippen LogP contribution in [-0.2, 0) is 63.5 Å². The lowest BCUT2D eigenvalue weighted by Crippen LogP contribution is -2.25. The second kappa shape index (κ2) is 34.0. The Hall–Kier alpha value is -0.320. The van der Waals surface area contributed by atoms with Crippen LogP contribution in [0.3, 0.4) is 0 Å². The van der Waals surface area contributed by atoms with Crippen molar-refractivity contribution in [2.24, 2.45) is 0 Å². The lowest BCUT2D eigenvalue weighted by atomic mass is 10.2. The molecular formula is C29H60NO12PS. The number of hydrogen-bond donors (Lipinski definition) is 2. The minimum atomic E-state index is -3.12. The van der Waals surface area contributed by atoms with Crippen LogP contribution in [0.25, 0.3) is 0 Å². The molecule has 13 nitrogen and oxygen atoms in total. The molecule has 0 aromatic carbocycles. The zero-order chi connectivity index (χ0) is 32.4. The predicted molar refractivity (Wildman–Crippen MR) is 172 cm³/mol. The van der Waals surface area contributed by atoms with Gasteiger partial charge < -0.3 is 57.2 Å². The Morgan fingerprint density at radius 1 is 0.614 bits per heavy atom. The highest BCUT2D eigenvalue weighted by atomic mass is 32.5. The van der Waals surface area contributed by atoms with Crippen LogP contribution in [0.1, 0.15) is 59.3 Å². The largest absolute Gasteiger partial charge is 0.379 e. The van der Waals surface area contributed by atoms with E-state index in [-0.39, 0.29) is 12.0 Å². The SMILES string of the molecule is CCCOCCOCCOCCOCCOCCOCCOCCOCCC(=O)NCCCCCCOP(O)(=S)OC(C)C. The molecule has 15 heteroatoms. The fourth-order valence-electron chi connectivity index (χ4n) is 3.32. The molecule has 0 bridgehead atoms. The number of rotatable bonds is 36. The van der Waals surface area contributed by atoms with E-state index in [0.717, 1.165) is 38.7 Å². The van der Waals surface area contributed by atoms with Gasteiger partial charge in [-0.05, 0) is 44.9 Å². The normalized spacial score (nSPS) is 13.0. The molecule has 0 spiro atoms. The fourth-order valence-corrected chi connectivity index (χ4v) is 5.02. The van der Waals surface area contributed by atoms with Crippen LogP contribution in [0.5, 0.6) is 0 Å². The molecule has 0 radical (unpaired) electrons. The lowest BCUT2D eigenvalue weighted by Gasteiger charge is -2.17. The molecule has 0 aliphatic rings. The van der Waals surface area contributed by atoms with Gasteiger partial charge in [-0.1, -0.05) is 19.8 Å². The maximum absolute atomic E-state index is 11.9.